The van der Waals surface area contributed by atoms with E-state index in [1.165, 1.54) is 11.3 Å². The van der Waals surface area contributed by atoms with Crippen molar-refractivity contribution in [2.45, 2.75) is 25.9 Å². The van der Waals surface area contributed by atoms with Crippen LogP contribution in [-0.2, 0) is 0 Å². The molecule has 0 radical (unpaired) electrons. The minimum Gasteiger partial charge on any atom is -0.490 e. The Morgan fingerprint density at radius 3 is 2.61 bits per heavy atom. The molecule has 0 atom stereocenters. The van der Waals surface area contributed by atoms with Crippen LogP contribution in [0.2, 0.25) is 0 Å². The summed E-state index contributed by atoms with van der Waals surface area (Å²) in [4.78, 5) is 16.3. The number of ketones is 1. The van der Waals surface area contributed by atoms with Crippen molar-refractivity contribution in [3.05, 3.63) is 45.9 Å². The second-order valence-corrected chi connectivity index (χ2v) is 5.48. The van der Waals surface area contributed by atoms with E-state index in [1.807, 2.05) is 19.1 Å². The standard InChI is InChI=1S/C14H13NO2S/c1-9-15-13(8-18-9)14(16)10-2-4-11(5-3-10)17-12-6-7-12/h2-5,8,12H,6-7H2,1H3. The topological polar surface area (TPSA) is 39.2 Å². The van der Waals surface area contributed by atoms with E-state index in [2.05, 4.69) is 4.98 Å². The van der Waals surface area contributed by atoms with E-state index in [-0.39, 0.29) is 5.78 Å². The van der Waals surface area contributed by atoms with Crippen LogP contribution in [0, 0.1) is 6.92 Å². The summed E-state index contributed by atoms with van der Waals surface area (Å²) >= 11 is 1.49. The van der Waals surface area contributed by atoms with E-state index in [0.717, 1.165) is 23.6 Å². The molecule has 1 aliphatic carbocycles. The van der Waals surface area contributed by atoms with Crippen molar-refractivity contribution >= 4 is 17.1 Å². The SMILES string of the molecule is Cc1nc(C(=O)c2ccc(OC3CC3)cc2)cs1. The van der Waals surface area contributed by atoms with Crippen LogP contribution < -0.4 is 4.74 Å². The first-order chi connectivity index (χ1) is 8.72. The first-order valence-electron chi connectivity index (χ1n) is 5.96. The largest absolute Gasteiger partial charge is 0.490 e. The quantitative estimate of drug-likeness (QED) is 0.791. The number of rotatable bonds is 4. The molecule has 1 saturated carbocycles. The number of carbonyl (C=O) groups is 1. The third-order valence-corrected chi connectivity index (χ3v) is 3.57. The Labute approximate surface area is 109 Å². The fraction of sp³-hybridized carbons (Fsp3) is 0.286. The summed E-state index contributed by atoms with van der Waals surface area (Å²) in [5, 5.41) is 2.71. The third-order valence-electron chi connectivity index (χ3n) is 2.80. The second kappa shape index (κ2) is 4.53. The molecular formula is C14H13NO2S. The van der Waals surface area contributed by atoms with Gasteiger partial charge in [-0.3, -0.25) is 4.79 Å². The second-order valence-electron chi connectivity index (χ2n) is 4.42. The molecule has 0 N–H and O–H groups in total. The van der Waals surface area contributed by atoms with E-state index < -0.39 is 0 Å². The predicted octanol–water partition coefficient (Wildman–Crippen LogP) is 3.22. The molecule has 4 heteroatoms. The average molecular weight is 259 g/mol. The molecule has 92 valence electrons. The van der Waals surface area contributed by atoms with E-state index in [0.29, 0.717) is 17.4 Å². The lowest BCUT2D eigenvalue weighted by molar-refractivity contribution is 0.103. The van der Waals surface area contributed by atoms with E-state index in [4.69, 9.17) is 4.74 Å². The van der Waals surface area contributed by atoms with Crippen LogP contribution in [0.3, 0.4) is 0 Å². The molecule has 0 amide bonds. The van der Waals surface area contributed by atoms with Gasteiger partial charge in [-0.15, -0.1) is 11.3 Å². The molecule has 1 heterocycles. The fourth-order valence-electron chi connectivity index (χ4n) is 1.68. The summed E-state index contributed by atoms with van der Waals surface area (Å²) in [5.41, 5.74) is 1.18. The van der Waals surface area contributed by atoms with Gasteiger partial charge in [0.1, 0.15) is 11.4 Å². The van der Waals surface area contributed by atoms with Crippen LogP contribution in [-0.4, -0.2) is 16.9 Å². The molecule has 1 aromatic heterocycles. The molecule has 18 heavy (non-hydrogen) atoms. The summed E-state index contributed by atoms with van der Waals surface area (Å²) < 4.78 is 5.64. The van der Waals surface area contributed by atoms with Gasteiger partial charge in [0, 0.05) is 10.9 Å². The molecule has 0 saturated heterocycles. The molecule has 0 bridgehead atoms. The Morgan fingerprint density at radius 1 is 1.33 bits per heavy atom. The fourth-order valence-corrected chi connectivity index (χ4v) is 2.27. The third kappa shape index (κ3) is 2.43. The minimum absolute atomic E-state index is 0.0303. The lowest BCUT2D eigenvalue weighted by Crippen LogP contribution is -2.02. The van der Waals surface area contributed by atoms with Crippen LogP contribution in [0.4, 0.5) is 0 Å². The van der Waals surface area contributed by atoms with Crippen LogP contribution in [0.25, 0.3) is 0 Å². The Hall–Kier alpha value is -1.68. The van der Waals surface area contributed by atoms with Crippen molar-refractivity contribution in [2.24, 2.45) is 0 Å². The predicted molar refractivity (Wildman–Crippen MR) is 70.4 cm³/mol. The normalized spacial score (nSPS) is 14.5. The molecule has 0 spiro atoms. The van der Waals surface area contributed by atoms with Crippen LogP contribution in [0.15, 0.2) is 29.6 Å². The molecular weight excluding hydrogens is 246 g/mol. The van der Waals surface area contributed by atoms with Crippen LogP contribution >= 0.6 is 11.3 Å². The maximum atomic E-state index is 12.1. The van der Waals surface area contributed by atoms with Crippen molar-refractivity contribution < 1.29 is 9.53 Å². The van der Waals surface area contributed by atoms with Gasteiger partial charge >= 0.3 is 0 Å². The van der Waals surface area contributed by atoms with Gasteiger partial charge < -0.3 is 4.74 Å². The number of nitrogens with zero attached hydrogens (tertiary/aromatic N) is 1. The molecule has 1 aromatic carbocycles. The van der Waals surface area contributed by atoms with Crippen molar-refractivity contribution in [3.63, 3.8) is 0 Å². The highest BCUT2D eigenvalue weighted by molar-refractivity contribution is 7.09. The van der Waals surface area contributed by atoms with Gasteiger partial charge in [-0.1, -0.05) is 0 Å². The first kappa shape index (κ1) is 11.4. The summed E-state index contributed by atoms with van der Waals surface area (Å²) in [6.07, 6.45) is 2.66. The number of aryl methyl sites for hydroxylation is 1. The zero-order valence-electron chi connectivity index (χ0n) is 10.1. The molecule has 3 rings (SSSR count). The Balaban J connectivity index is 1.77. The molecule has 0 aliphatic heterocycles. The number of carbonyl (C=O) groups excluding carboxylic acids is 1. The average Bonchev–Trinajstić information content (AvgIpc) is 3.09. The Bertz CT molecular complexity index is 570. The van der Waals surface area contributed by atoms with Gasteiger partial charge in [-0.25, -0.2) is 4.98 Å². The van der Waals surface area contributed by atoms with Gasteiger partial charge in [-0.05, 0) is 44.0 Å². The molecule has 1 fully saturated rings. The zero-order chi connectivity index (χ0) is 12.5. The highest BCUT2D eigenvalue weighted by Crippen LogP contribution is 2.27. The van der Waals surface area contributed by atoms with Gasteiger partial charge in [0.2, 0.25) is 5.78 Å². The number of hydrogen-bond donors (Lipinski definition) is 0. The molecule has 2 aromatic rings. The van der Waals surface area contributed by atoms with Gasteiger partial charge in [-0.2, -0.15) is 0 Å². The molecule has 0 unspecified atom stereocenters. The van der Waals surface area contributed by atoms with E-state index >= 15 is 0 Å². The van der Waals surface area contributed by atoms with Crippen LogP contribution in [0.1, 0.15) is 33.9 Å². The van der Waals surface area contributed by atoms with Gasteiger partial charge in [0.25, 0.3) is 0 Å². The van der Waals surface area contributed by atoms with Gasteiger partial charge in [0.15, 0.2) is 0 Å². The lowest BCUT2D eigenvalue weighted by atomic mass is 10.1. The Morgan fingerprint density at radius 2 is 2.06 bits per heavy atom. The maximum absolute atomic E-state index is 12.1. The highest BCUT2D eigenvalue weighted by atomic mass is 32.1. The smallest absolute Gasteiger partial charge is 0.212 e. The Kier molecular flexibility index (Phi) is 2.88. The van der Waals surface area contributed by atoms with Crippen molar-refractivity contribution in [1.29, 1.82) is 0 Å². The maximum Gasteiger partial charge on any atom is 0.212 e. The van der Waals surface area contributed by atoms with Crippen LogP contribution in [0.5, 0.6) is 5.75 Å². The summed E-state index contributed by atoms with van der Waals surface area (Å²) in [6.45, 7) is 1.90. The molecule has 3 nitrogen and oxygen atoms in total. The summed E-state index contributed by atoms with van der Waals surface area (Å²) in [7, 11) is 0. The van der Waals surface area contributed by atoms with E-state index in [1.54, 1.807) is 17.5 Å². The summed E-state index contributed by atoms with van der Waals surface area (Å²) in [6, 6.07) is 7.30. The molecule has 1 aliphatic rings. The number of benzene rings is 1. The minimum atomic E-state index is -0.0303. The number of hydrogen-bond acceptors (Lipinski definition) is 4. The number of thiazole rings is 1. The highest BCUT2D eigenvalue weighted by Gasteiger charge is 2.23. The van der Waals surface area contributed by atoms with Gasteiger partial charge in [0.05, 0.1) is 11.1 Å². The van der Waals surface area contributed by atoms with E-state index in [9.17, 15) is 4.79 Å². The van der Waals surface area contributed by atoms with Crippen molar-refractivity contribution in [3.8, 4) is 5.75 Å². The zero-order valence-corrected chi connectivity index (χ0v) is 10.9. The van der Waals surface area contributed by atoms with Crippen molar-refractivity contribution in [1.82, 2.24) is 4.98 Å². The monoisotopic (exact) mass is 259 g/mol. The first-order valence-corrected chi connectivity index (χ1v) is 6.84. The summed E-state index contributed by atoms with van der Waals surface area (Å²) in [5.74, 6) is 0.806. The van der Waals surface area contributed by atoms with Crippen molar-refractivity contribution in [2.75, 3.05) is 0 Å². The number of ether oxygens (including phenoxy) is 1. The number of aromatic nitrogens is 1. The lowest BCUT2D eigenvalue weighted by Gasteiger charge is -2.04.